The second kappa shape index (κ2) is 7.64. The fourth-order valence-electron chi connectivity index (χ4n) is 2.56. The molecule has 0 heterocycles. The number of allylic oxidation sites excluding steroid dienone is 4. The summed E-state index contributed by atoms with van der Waals surface area (Å²) in [6, 6.07) is 18.6. The minimum Gasteiger partial charge on any atom is -0.497 e. The maximum Gasteiger partial charge on any atom is 0.118 e. The molecule has 23 heavy (non-hydrogen) atoms. The summed E-state index contributed by atoms with van der Waals surface area (Å²) in [6.07, 6.45) is 2.23. The molecular formula is C22H24O. The number of benzene rings is 2. The molecule has 1 nitrogen and oxygen atoms in total. The van der Waals surface area contributed by atoms with Gasteiger partial charge in [0.1, 0.15) is 5.75 Å². The van der Waals surface area contributed by atoms with Gasteiger partial charge in [0.2, 0.25) is 0 Å². The Hall–Kier alpha value is -2.54. The molecule has 0 aromatic heterocycles. The van der Waals surface area contributed by atoms with Crippen LogP contribution in [0.2, 0.25) is 0 Å². The van der Waals surface area contributed by atoms with Crippen LogP contribution >= 0.6 is 0 Å². The van der Waals surface area contributed by atoms with E-state index in [1.807, 2.05) is 18.2 Å². The quantitative estimate of drug-likeness (QED) is 0.612. The lowest BCUT2D eigenvalue weighted by Crippen LogP contribution is -1.92. The molecule has 0 amide bonds. The average Bonchev–Trinajstić information content (AvgIpc) is 2.56. The van der Waals surface area contributed by atoms with Gasteiger partial charge in [-0.2, -0.15) is 0 Å². The van der Waals surface area contributed by atoms with Crippen LogP contribution in [0, 0.1) is 0 Å². The van der Waals surface area contributed by atoms with Crippen LogP contribution in [-0.4, -0.2) is 7.11 Å². The third-order valence-electron chi connectivity index (χ3n) is 3.77. The van der Waals surface area contributed by atoms with Crippen LogP contribution in [0.25, 0.3) is 5.57 Å². The van der Waals surface area contributed by atoms with Crippen molar-refractivity contribution in [2.24, 2.45) is 0 Å². The summed E-state index contributed by atoms with van der Waals surface area (Å²) in [6.45, 7) is 10.4. The summed E-state index contributed by atoms with van der Waals surface area (Å²) in [5, 5.41) is 0. The highest BCUT2D eigenvalue weighted by molar-refractivity contribution is 5.82. The van der Waals surface area contributed by atoms with Gasteiger partial charge >= 0.3 is 0 Å². The van der Waals surface area contributed by atoms with Crippen LogP contribution in [-0.2, 0) is 0 Å². The van der Waals surface area contributed by atoms with Crippen LogP contribution < -0.4 is 4.74 Å². The Morgan fingerprint density at radius 1 is 0.870 bits per heavy atom. The maximum atomic E-state index is 5.27. The molecule has 1 heteroatoms. The van der Waals surface area contributed by atoms with Crippen molar-refractivity contribution in [1.29, 1.82) is 0 Å². The van der Waals surface area contributed by atoms with Crippen LogP contribution in [0.3, 0.4) is 0 Å². The molecular weight excluding hydrogens is 280 g/mol. The molecule has 0 saturated carbocycles. The number of rotatable bonds is 5. The second-order valence-corrected chi connectivity index (χ2v) is 5.85. The van der Waals surface area contributed by atoms with E-state index in [0.717, 1.165) is 16.9 Å². The van der Waals surface area contributed by atoms with Gasteiger partial charge < -0.3 is 4.74 Å². The zero-order valence-corrected chi connectivity index (χ0v) is 14.4. The Morgan fingerprint density at radius 2 is 1.43 bits per heavy atom. The van der Waals surface area contributed by atoms with Gasteiger partial charge in [0.15, 0.2) is 0 Å². The summed E-state index contributed by atoms with van der Waals surface area (Å²) in [5.41, 5.74) is 7.08. The lowest BCUT2D eigenvalue weighted by atomic mass is 9.93. The fourth-order valence-corrected chi connectivity index (χ4v) is 2.56. The minimum atomic E-state index is 0.864. The molecule has 0 radical (unpaired) electrons. The van der Waals surface area contributed by atoms with E-state index in [1.165, 1.54) is 22.3 Å². The lowest BCUT2D eigenvalue weighted by Gasteiger charge is -2.13. The maximum absolute atomic E-state index is 5.27. The van der Waals surface area contributed by atoms with E-state index in [2.05, 4.69) is 69.8 Å². The van der Waals surface area contributed by atoms with Gasteiger partial charge in [0.05, 0.1) is 7.11 Å². The Kier molecular flexibility index (Phi) is 5.59. The van der Waals surface area contributed by atoms with Crippen LogP contribution in [0.1, 0.15) is 31.9 Å². The van der Waals surface area contributed by atoms with Crippen molar-refractivity contribution in [2.75, 3.05) is 7.11 Å². The molecule has 0 aliphatic heterocycles. The summed E-state index contributed by atoms with van der Waals surface area (Å²) >= 11 is 0. The van der Waals surface area contributed by atoms with Crippen molar-refractivity contribution in [2.45, 2.75) is 20.8 Å². The summed E-state index contributed by atoms with van der Waals surface area (Å²) in [5.74, 6) is 0.864. The van der Waals surface area contributed by atoms with Crippen molar-refractivity contribution in [3.63, 3.8) is 0 Å². The lowest BCUT2D eigenvalue weighted by molar-refractivity contribution is 0.415. The number of hydrogen-bond acceptors (Lipinski definition) is 1. The van der Waals surface area contributed by atoms with Gasteiger partial charge in [-0.25, -0.2) is 0 Å². The molecule has 0 fully saturated rings. The largest absolute Gasteiger partial charge is 0.497 e. The first-order valence-corrected chi connectivity index (χ1v) is 7.78. The van der Waals surface area contributed by atoms with Crippen molar-refractivity contribution >= 4 is 5.57 Å². The minimum absolute atomic E-state index is 0.864. The Labute approximate surface area is 139 Å². The zero-order chi connectivity index (χ0) is 16.8. The molecule has 0 aliphatic carbocycles. The SMILES string of the molecule is C=C(C)C(/C=C(\c1ccccc1)c1ccc(OC)cc1)=C(C)C. The van der Waals surface area contributed by atoms with Gasteiger partial charge in [-0.15, -0.1) is 0 Å². The number of ether oxygens (including phenoxy) is 1. The Balaban J connectivity index is 2.61. The first kappa shape index (κ1) is 16.8. The fraction of sp³-hybridized carbons (Fsp3) is 0.182. The highest BCUT2D eigenvalue weighted by Crippen LogP contribution is 2.29. The molecule has 2 rings (SSSR count). The van der Waals surface area contributed by atoms with E-state index in [1.54, 1.807) is 7.11 Å². The van der Waals surface area contributed by atoms with Gasteiger partial charge in [0, 0.05) is 0 Å². The topological polar surface area (TPSA) is 9.23 Å². The Morgan fingerprint density at radius 3 is 1.91 bits per heavy atom. The van der Waals surface area contributed by atoms with Crippen LogP contribution in [0.15, 0.2) is 84.0 Å². The third-order valence-corrected chi connectivity index (χ3v) is 3.77. The molecule has 118 valence electrons. The molecule has 0 bridgehead atoms. The molecule has 0 aliphatic rings. The van der Waals surface area contributed by atoms with Gasteiger partial charge in [0.25, 0.3) is 0 Å². The van der Waals surface area contributed by atoms with Crippen molar-refractivity contribution in [3.8, 4) is 5.75 Å². The van der Waals surface area contributed by atoms with Crippen molar-refractivity contribution < 1.29 is 4.74 Å². The van der Waals surface area contributed by atoms with E-state index in [9.17, 15) is 0 Å². The van der Waals surface area contributed by atoms with Crippen LogP contribution in [0.4, 0.5) is 0 Å². The van der Waals surface area contributed by atoms with E-state index < -0.39 is 0 Å². The van der Waals surface area contributed by atoms with Gasteiger partial charge in [-0.3, -0.25) is 0 Å². The Bertz CT molecular complexity index is 727. The van der Waals surface area contributed by atoms with Gasteiger partial charge in [-0.1, -0.05) is 60.2 Å². The average molecular weight is 304 g/mol. The molecule has 2 aromatic carbocycles. The van der Waals surface area contributed by atoms with E-state index >= 15 is 0 Å². The van der Waals surface area contributed by atoms with E-state index in [-0.39, 0.29) is 0 Å². The monoisotopic (exact) mass is 304 g/mol. The van der Waals surface area contributed by atoms with Crippen molar-refractivity contribution in [1.82, 2.24) is 0 Å². The predicted octanol–water partition coefficient (Wildman–Crippen LogP) is 6.04. The summed E-state index contributed by atoms with van der Waals surface area (Å²) < 4.78 is 5.27. The van der Waals surface area contributed by atoms with Gasteiger partial charge in [-0.05, 0) is 61.3 Å². The third kappa shape index (κ3) is 4.23. The first-order valence-electron chi connectivity index (χ1n) is 7.78. The van der Waals surface area contributed by atoms with Crippen LogP contribution in [0.5, 0.6) is 5.75 Å². The summed E-state index contributed by atoms with van der Waals surface area (Å²) in [4.78, 5) is 0. The zero-order valence-electron chi connectivity index (χ0n) is 14.4. The second-order valence-electron chi connectivity index (χ2n) is 5.85. The summed E-state index contributed by atoms with van der Waals surface area (Å²) in [7, 11) is 1.69. The highest BCUT2D eigenvalue weighted by atomic mass is 16.5. The molecule has 0 atom stereocenters. The normalized spacial score (nSPS) is 11.0. The standard InChI is InChI=1S/C22H24O/c1-16(2)21(17(3)4)15-22(18-9-7-6-8-10-18)19-11-13-20(23-5)14-12-19/h6-15H,1H2,2-5H3/b22-15+. The number of hydrogen-bond donors (Lipinski definition) is 0. The number of methoxy groups -OCH3 is 1. The first-order chi connectivity index (χ1) is 11.0. The van der Waals surface area contributed by atoms with E-state index in [0.29, 0.717) is 0 Å². The highest BCUT2D eigenvalue weighted by Gasteiger charge is 2.08. The molecule has 0 spiro atoms. The molecule has 0 unspecified atom stereocenters. The molecule has 0 saturated heterocycles. The smallest absolute Gasteiger partial charge is 0.118 e. The van der Waals surface area contributed by atoms with E-state index in [4.69, 9.17) is 4.74 Å². The molecule has 2 aromatic rings. The molecule has 0 N–H and O–H groups in total. The van der Waals surface area contributed by atoms with Crippen molar-refractivity contribution in [3.05, 3.63) is 95.1 Å². The predicted molar refractivity (Wildman–Crippen MR) is 99.7 cm³/mol.